The minimum atomic E-state index is 0.107. The first kappa shape index (κ1) is 14.9. The lowest BCUT2D eigenvalue weighted by Gasteiger charge is -2.19. The van der Waals surface area contributed by atoms with Gasteiger partial charge in [-0.25, -0.2) is 0 Å². The third-order valence-corrected chi connectivity index (χ3v) is 4.04. The van der Waals surface area contributed by atoms with Gasteiger partial charge >= 0.3 is 0 Å². The summed E-state index contributed by atoms with van der Waals surface area (Å²) in [6.07, 6.45) is 3.68. The fourth-order valence-corrected chi connectivity index (χ4v) is 2.77. The molecule has 0 fully saturated rings. The maximum atomic E-state index is 6.01. The number of nitrogens with zero attached hydrogens (tertiary/aromatic N) is 1. The van der Waals surface area contributed by atoms with E-state index in [-0.39, 0.29) is 5.92 Å². The van der Waals surface area contributed by atoms with Crippen LogP contribution < -0.4 is 4.84 Å². The topological polar surface area (TPSA) is 24.9 Å². The van der Waals surface area contributed by atoms with Gasteiger partial charge < -0.3 is 0 Å². The van der Waals surface area contributed by atoms with E-state index in [1.165, 1.54) is 11.1 Å². The summed E-state index contributed by atoms with van der Waals surface area (Å²) in [7, 11) is 0. The van der Waals surface area contributed by atoms with E-state index in [4.69, 9.17) is 23.4 Å². The quantitative estimate of drug-likeness (QED) is 0.641. The summed E-state index contributed by atoms with van der Waals surface area (Å²) in [4.78, 5) is 6.87. The maximum absolute atomic E-state index is 6.01. The Balaban J connectivity index is 2.07. The van der Waals surface area contributed by atoms with Crippen molar-refractivity contribution in [2.75, 3.05) is 4.84 Å². The number of halogens is 2. The molecular weight excluding hydrogens is 315 g/mol. The highest BCUT2D eigenvalue weighted by Gasteiger charge is 2.16. The van der Waals surface area contributed by atoms with E-state index in [0.717, 1.165) is 16.3 Å². The summed E-state index contributed by atoms with van der Waals surface area (Å²) < 4.78 is 0. The Morgan fingerprint density at radius 2 is 1.45 bits per heavy atom. The Hall–Kier alpha value is -2.03. The average Bonchev–Trinajstić information content (AvgIpc) is 2.58. The first-order chi connectivity index (χ1) is 10.8. The number of aromatic nitrogens is 1. The van der Waals surface area contributed by atoms with Gasteiger partial charge in [0.1, 0.15) is 0 Å². The smallest absolute Gasteiger partial charge is 0.0491 e. The highest BCUT2D eigenvalue weighted by Crippen LogP contribution is 2.32. The molecule has 1 N–H and O–H groups in total. The normalized spacial score (nSPS) is 11.9. The molecule has 110 valence electrons. The number of anilines is 1. The van der Waals surface area contributed by atoms with Crippen molar-refractivity contribution >= 4 is 29.1 Å². The molecule has 0 bridgehead atoms. The van der Waals surface area contributed by atoms with Crippen LogP contribution in [-0.4, -0.2) is 4.98 Å². The molecule has 1 atom stereocenters. The Bertz CT molecular complexity index is 725. The Morgan fingerprint density at radius 3 is 2.00 bits per heavy atom. The van der Waals surface area contributed by atoms with Crippen molar-refractivity contribution in [1.29, 1.82) is 0 Å². The first-order valence-corrected chi connectivity index (χ1v) is 7.65. The predicted molar refractivity (Wildman–Crippen MR) is 92.6 cm³/mol. The summed E-state index contributed by atoms with van der Waals surface area (Å²) in [5.41, 5.74) is 4.35. The van der Waals surface area contributed by atoms with Crippen LogP contribution in [0.25, 0.3) is 0 Å². The number of benzene rings is 2. The number of nitrogens with one attached hydrogen (secondary N) is 1. The van der Waals surface area contributed by atoms with Crippen LogP contribution in [0, 0.1) is 0 Å². The molecule has 0 radical (unpaired) electrons. The monoisotopic (exact) mass is 328 g/mol. The van der Waals surface area contributed by atoms with Crippen LogP contribution in [0.4, 0.5) is 5.69 Å². The van der Waals surface area contributed by atoms with Gasteiger partial charge in [-0.3, -0.25) is 9.82 Å². The molecule has 0 saturated carbocycles. The van der Waals surface area contributed by atoms with Gasteiger partial charge in [-0.1, -0.05) is 41.9 Å². The lowest BCUT2D eigenvalue weighted by atomic mass is 9.86. The van der Waals surface area contributed by atoms with E-state index in [1.807, 2.05) is 48.7 Å². The van der Waals surface area contributed by atoms with Gasteiger partial charge in [0.2, 0.25) is 0 Å². The van der Waals surface area contributed by atoms with Gasteiger partial charge in [-0.2, -0.15) is 0 Å². The standard InChI is InChI=1S/C18H14Cl2N2/c19-16-7-3-13(4-8-16)18(15-2-1-11-21-12-15)14-5-9-17(22-20)10-6-14/h1-12,18,22H. The van der Waals surface area contributed by atoms with Crippen molar-refractivity contribution in [2.24, 2.45) is 0 Å². The fraction of sp³-hybridized carbons (Fsp3) is 0.0556. The molecule has 0 amide bonds. The van der Waals surface area contributed by atoms with E-state index in [1.54, 1.807) is 6.20 Å². The second-order valence-corrected chi connectivity index (χ2v) is 5.61. The Labute approximate surface area is 139 Å². The predicted octanol–water partition coefficient (Wildman–Crippen LogP) is 5.48. The molecule has 0 spiro atoms. The van der Waals surface area contributed by atoms with Gasteiger partial charge in [-0.05, 0) is 47.0 Å². The zero-order valence-corrected chi connectivity index (χ0v) is 13.2. The SMILES string of the molecule is ClNc1ccc(C(c2ccc(Cl)cc2)c2cccnc2)cc1. The zero-order valence-electron chi connectivity index (χ0n) is 11.7. The minimum Gasteiger partial charge on any atom is -0.299 e. The van der Waals surface area contributed by atoms with Crippen LogP contribution in [0.15, 0.2) is 73.1 Å². The second kappa shape index (κ2) is 6.82. The van der Waals surface area contributed by atoms with Crippen molar-refractivity contribution in [2.45, 2.75) is 5.92 Å². The largest absolute Gasteiger partial charge is 0.299 e. The van der Waals surface area contributed by atoms with Crippen molar-refractivity contribution < 1.29 is 0 Å². The number of hydrogen-bond donors (Lipinski definition) is 1. The molecule has 0 aliphatic heterocycles. The van der Waals surface area contributed by atoms with Gasteiger partial charge in [0, 0.05) is 40.8 Å². The molecular formula is C18H14Cl2N2. The lowest BCUT2D eigenvalue weighted by molar-refractivity contribution is 0.964. The summed E-state index contributed by atoms with van der Waals surface area (Å²) in [5.74, 6) is 0.107. The average molecular weight is 329 g/mol. The van der Waals surface area contributed by atoms with Gasteiger partial charge in [0.15, 0.2) is 0 Å². The molecule has 2 aromatic carbocycles. The van der Waals surface area contributed by atoms with Crippen LogP contribution in [-0.2, 0) is 0 Å². The summed E-state index contributed by atoms with van der Waals surface area (Å²) >= 11 is 11.6. The Kier molecular flexibility index (Phi) is 4.62. The molecule has 22 heavy (non-hydrogen) atoms. The van der Waals surface area contributed by atoms with Crippen molar-refractivity contribution in [3.63, 3.8) is 0 Å². The van der Waals surface area contributed by atoms with Crippen LogP contribution in [0.1, 0.15) is 22.6 Å². The van der Waals surface area contributed by atoms with Crippen LogP contribution in [0.2, 0.25) is 5.02 Å². The van der Waals surface area contributed by atoms with E-state index < -0.39 is 0 Å². The molecule has 1 heterocycles. The highest BCUT2D eigenvalue weighted by atomic mass is 35.5. The molecule has 1 aromatic heterocycles. The summed E-state index contributed by atoms with van der Waals surface area (Å²) in [5, 5.41) is 0.732. The molecule has 3 rings (SSSR count). The van der Waals surface area contributed by atoms with Crippen LogP contribution in [0.5, 0.6) is 0 Å². The van der Waals surface area contributed by atoms with E-state index >= 15 is 0 Å². The molecule has 4 heteroatoms. The van der Waals surface area contributed by atoms with Crippen molar-refractivity contribution in [1.82, 2.24) is 4.98 Å². The maximum Gasteiger partial charge on any atom is 0.0491 e. The highest BCUT2D eigenvalue weighted by molar-refractivity contribution is 6.30. The first-order valence-electron chi connectivity index (χ1n) is 6.90. The van der Waals surface area contributed by atoms with Gasteiger partial charge in [0.05, 0.1) is 0 Å². The number of rotatable bonds is 4. The molecule has 0 saturated heterocycles. The summed E-state index contributed by atoms with van der Waals surface area (Å²) in [6, 6.07) is 20.0. The van der Waals surface area contributed by atoms with Crippen LogP contribution >= 0.6 is 23.4 Å². The molecule has 0 aliphatic rings. The summed E-state index contributed by atoms with van der Waals surface area (Å²) in [6.45, 7) is 0. The Morgan fingerprint density at radius 1 is 0.818 bits per heavy atom. The van der Waals surface area contributed by atoms with Gasteiger partial charge in [0.25, 0.3) is 0 Å². The van der Waals surface area contributed by atoms with Crippen LogP contribution in [0.3, 0.4) is 0 Å². The number of hydrogen-bond acceptors (Lipinski definition) is 2. The van der Waals surface area contributed by atoms with E-state index in [0.29, 0.717) is 0 Å². The second-order valence-electron chi connectivity index (χ2n) is 4.99. The van der Waals surface area contributed by atoms with E-state index in [2.05, 4.69) is 28.0 Å². The zero-order chi connectivity index (χ0) is 15.4. The fourth-order valence-electron chi connectivity index (χ4n) is 2.52. The third-order valence-electron chi connectivity index (χ3n) is 3.57. The molecule has 2 nitrogen and oxygen atoms in total. The van der Waals surface area contributed by atoms with Crippen molar-refractivity contribution in [3.05, 3.63) is 94.8 Å². The molecule has 1 unspecified atom stereocenters. The van der Waals surface area contributed by atoms with Gasteiger partial charge in [-0.15, -0.1) is 0 Å². The lowest BCUT2D eigenvalue weighted by Crippen LogP contribution is -2.03. The number of pyridine rings is 1. The minimum absolute atomic E-state index is 0.107. The van der Waals surface area contributed by atoms with E-state index in [9.17, 15) is 0 Å². The third kappa shape index (κ3) is 3.24. The molecule has 0 aliphatic carbocycles. The van der Waals surface area contributed by atoms with Crippen molar-refractivity contribution in [3.8, 4) is 0 Å². The molecule has 3 aromatic rings.